The first-order valence-corrected chi connectivity index (χ1v) is 21.7. The lowest BCUT2D eigenvalue weighted by atomic mass is 9.74. The second-order valence-corrected chi connectivity index (χ2v) is 17.5. The molecule has 0 saturated heterocycles. The Labute approximate surface area is 356 Å². The fourth-order valence-corrected chi connectivity index (χ4v) is 10.7. The molecule has 0 radical (unpaired) electrons. The molecular weight excluding hydrogens is 743 g/mol. The fraction of sp³-hybridized carbons (Fsp3) is 0.158. The van der Waals surface area contributed by atoms with E-state index in [0.29, 0.717) is 5.84 Å². The molecule has 4 heteroatoms. The number of nitrogens with zero attached hydrogens (tertiary/aromatic N) is 3. The molecule has 7 aromatic carbocycles. The number of aryl methyl sites for hydroxylation is 1. The van der Waals surface area contributed by atoms with Crippen LogP contribution in [0.15, 0.2) is 178 Å². The Morgan fingerprint density at radius 3 is 2.26 bits per heavy atom. The van der Waals surface area contributed by atoms with Crippen molar-refractivity contribution in [3.8, 4) is 11.1 Å². The zero-order valence-corrected chi connectivity index (χ0v) is 34.7. The van der Waals surface area contributed by atoms with Gasteiger partial charge in [0.05, 0.1) is 0 Å². The third-order valence-electron chi connectivity index (χ3n) is 13.7. The lowest BCUT2D eigenvalue weighted by molar-refractivity contribution is 0.383. The minimum atomic E-state index is -0.267. The van der Waals surface area contributed by atoms with Crippen LogP contribution in [0.4, 0.5) is 0 Å². The van der Waals surface area contributed by atoms with Gasteiger partial charge >= 0.3 is 0 Å². The van der Waals surface area contributed by atoms with Crippen LogP contribution in [0.3, 0.4) is 0 Å². The van der Waals surface area contributed by atoms with Crippen molar-refractivity contribution in [2.75, 3.05) is 7.05 Å². The predicted octanol–water partition coefficient (Wildman–Crippen LogP) is 14.1. The molecule has 1 unspecified atom stereocenters. The molecule has 8 aromatic rings. The van der Waals surface area contributed by atoms with E-state index < -0.39 is 0 Å². The Morgan fingerprint density at radius 1 is 0.656 bits per heavy atom. The number of hydrogen-bond donors (Lipinski definition) is 0. The average molecular weight is 788 g/mol. The zero-order chi connectivity index (χ0) is 40.8. The van der Waals surface area contributed by atoms with Gasteiger partial charge in [-0.1, -0.05) is 153 Å². The monoisotopic (exact) mass is 787 g/mol. The standard InChI is InChI=1S/C57H45N3O/c1-57(2)49-21-10-9-17-44(49)45-19-11-18-43(53(45)57)36-25-28-39(29-26-36)56-59-54(58-55(60(56)3)38-14-5-4-6-15-38)46-20-12-22-51-52(46)48-34-41(31-32-50(48)61-51)40-30-27-37-24-23-35-13-7-8-16-42(35)47(37)33-40/h4-6,8-10,12,14-18,20-34,55H,7,11,13,19H2,1-3H3. The minimum absolute atomic E-state index is 0.0512. The second kappa shape index (κ2) is 13.8. The quantitative estimate of drug-likeness (QED) is 0.174. The van der Waals surface area contributed by atoms with Crippen molar-refractivity contribution in [3.05, 3.63) is 208 Å². The summed E-state index contributed by atoms with van der Waals surface area (Å²) < 4.78 is 6.57. The molecule has 1 aliphatic heterocycles. The van der Waals surface area contributed by atoms with Crippen molar-refractivity contribution in [3.63, 3.8) is 0 Å². The number of fused-ring (bicyclic) bond motifs is 8. The van der Waals surface area contributed by atoms with Crippen molar-refractivity contribution in [1.82, 2.24) is 4.90 Å². The molecule has 4 nitrogen and oxygen atoms in total. The van der Waals surface area contributed by atoms with Gasteiger partial charge in [-0.3, -0.25) is 0 Å². The second-order valence-electron chi connectivity index (χ2n) is 17.5. The highest BCUT2D eigenvalue weighted by Gasteiger charge is 2.40. The van der Waals surface area contributed by atoms with Crippen LogP contribution in [-0.4, -0.2) is 23.6 Å². The predicted molar refractivity (Wildman–Crippen MR) is 254 cm³/mol. The van der Waals surface area contributed by atoms with E-state index in [1.54, 1.807) is 0 Å². The van der Waals surface area contributed by atoms with E-state index in [4.69, 9.17) is 14.4 Å². The third kappa shape index (κ3) is 5.65. The largest absolute Gasteiger partial charge is 0.456 e. The highest BCUT2D eigenvalue weighted by molar-refractivity contribution is 6.22. The van der Waals surface area contributed by atoms with Crippen LogP contribution in [-0.2, 0) is 11.8 Å². The van der Waals surface area contributed by atoms with Gasteiger partial charge in [0.15, 0.2) is 5.84 Å². The highest BCUT2D eigenvalue weighted by atomic mass is 16.3. The zero-order valence-electron chi connectivity index (χ0n) is 34.7. The normalized spacial score (nSPS) is 17.9. The minimum Gasteiger partial charge on any atom is -0.456 e. The molecule has 12 rings (SSSR count). The van der Waals surface area contributed by atoms with Gasteiger partial charge in [-0.15, -0.1) is 0 Å². The molecule has 294 valence electrons. The van der Waals surface area contributed by atoms with E-state index in [9.17, 15) is 0 Å². The molecule has 0 spiro atoms. The van der Waals surface area contributed by atoms with Crippen LogP contribution < -0.4 is 0 Å². The Hall–Kier alpha value is -7.04. The number of furan rings is 1. The van der Waals surface area contributed by atoms with E-state index in [-0.39, 0.29) is 11.6 Å². The number of hydrogen-bond acceptors (Lipinski definition) is 4. The van der Waals surface area contributed by atoms with Gasteiger partial charge in [0, 0.05) is 34.4 Å². The maximum Gasteiger partial charge on any atom is 0.160 e. The summed E-state index contributed by atoms with van der Waals surface area (Å²) in [5, 5.41) is 4.66. The van der Waals surface area contributed by atoms with Gasteiger partial charge in [-0.2, -0.15) is 0 Å². The lowest BCUT2D eigenvalue weighted by Crippen LogP contribution is -2.35. The van der Waals surface area contributed by atoms with Crippen molar-refractivity contribution >= 4 is 61.6 Å². The van der Waals surface area contributed by atoms with Gasteiger partial charge in [0.1, 0.15) is 23.2 Å². The molecule has 2 heterocycles. The SMILES string of the molecule is CN1C(c2ccc(C3=CCCC4=C3C(C)(C)c3ccccc34)cc2)=NC(c2cccc3oc4ccc(-c5ccc6ccc7c(c6c5)C=CCC7)cc4c23)=NC1c1ccccc1. The lowest BCUT2D eigenvalue weighted by Gasteiger charge is -2.33. The summed E-state index contributed by atoms with van der Waals surface area (Å²) in [6.07, 6.45) is 11.1. The summed E-state index contributed by atoms with van der Waals surface area (Å²) >= 11 is 0. The first kappa shape index (κ1) is 35.9. The van der Waals surface area contributed by atoms with E-state index in [2.05, 4.69) is 190 Å². The van der Waals surface area contributed by atoms with Crippen molar-refractivity contribution in [2.45, 2.75) is 51.1 Å². The van der Waals surface area contributed by atoms with Crippen LogP contribution in [0, 0.1) is 0 Å². The van der Waals surface area contributed by atoms with Crippen molar-refractivity contribution in [1.29, 1.82) is 0 Å². The van der Waals surface area contributed by atoms with Gasteiger partial charge in [0.2, 0.25) is 0 Å². The Bertz CT molecular complexity index is 3280. The molecule has 0 fully saturated rings. The van der Waals surface area contributed by atoms with Crippen molar-refractivity contribution in [2.24, 2.45) is 9.98 Å². The molecule has 0 bridgehead atoms. The molecule has 3 aliphatic carbocycles. The van der Waals surface area contributed by atoms with E-state index in [0.717, 1.165) is 75.7 Å². The average Bonchev–Trinajstić information content (AvgIpc) is 3.81. The third-order valence-corrected chi connectivity index (χ3v) is 13.7. The van der Waals surface area contributed by atoms with Gasteiger partial charge < -0.3 is 9.32 Å². The topological polar surface area (TPSA) is 41.1 Å². The smallest absolute Gasteiger partial charge is 0.160 e. The first-order chi connectivity index (χ1) is 29.9. The molecule has 1 atom stereocenters. The highest BCUT2D eigenvalue weighted by Crippen LogP contribution is 2.54. The van der Waals surface area contributed by atoms with Crippen molar-refractivity contribution < 1.29 is 4.42 Å². The van der Waals surface area contributed by atoms with Crippen LogP contribution in [0.25, 0.3) is 61.1 Å². The molecule has 0 amide bonds. The maximum absolute atomic E-state index is 6.57. The maximum atomic E-state index is 6.57. The summed E-state index contributed by atoms with van der Waals surface area (Å²) in [5.41, 5.74) is 18.3. The Morgan fingerprint density at radius 2 is 1.39 bits per heavy atom. The fourth-order valence-electron chi connectivity index (χ4n) is 10.7. The summed E-state index contributed by atoms with van der Waals surface area (Å²) in [6, 6.07) is 52.9. The molecule has 1 aromatic heterocycles. The summed E-state index contributed by atoms with van der Waals surface area (Å²) in [5.74, 6) is 1.58. The van der Waals surface area contributed by atoms with Gasteiger partial charge in [-0.05, 0) is 122 Å². The van der Waals surface area contributed by atoms with Gasteiger partial charge in [0.25, 0.3) is 0 Å². The van der Waals surface area contributed by atoms with E-state index in [1.165, 1.54) is 60.9 Å². The number of amidine groups is 2. The number of allylic oxidation sites excluding steroid dienone is 5. The summed E-state index contributed by atoms with van der Waals surface area (Å²) in [4.78, 5) is 13.1. The molecule has 4 aliphatic rings. The van der Waals surface area contributed by atoms with Crippen LogP contribution in [0.2, 0.25) is 0 Å². The molecule has 0 N–H and O–H groups in total. The number of benzene rings is 7. The molecule has 0 saturated carbocycles. The molecular formula is C57H45N3O. The summed E-state index contributed by atoms with van der Waals surface area (Å²) in [6.45, 7) is 4.77. The van der Waals surface area contributed by atoms with E-state index in [1.807, 2.05) is 0 Å². The van der Waals surface area contributed by atoms with Crippen LogP contribution in [0.5, 0.6) is 0 Å². The molecule has 61 heavy (non-hydrogen) atoms. The van der Waals surface area contributed by atoms with Crippen LogP contribution in [0.1, 0.15) is 83.8 Å². The summed E-state index contributed by atoms with van der Waals surface area (Å²) in [7, 11) is 2.11. The number of rotatable bonds is 5. The van der Waals surface area contributed by atoms with Crippen LogP contribution >= 0.6 is 0 Å². The number of aliphatic imine (C=N–C) groups is 2. The van der Waals surface area contributed by atoms with E-state index >= 15 is 0 Å². The Balaban J connectivity index is 0.963. The first-order valence-electron chi connectivity index (χ1n) is 21.7. The Kier molecular flexibility index (Phi) is 8.09. The van der Waals surface area contributed by atoms with Gasteiger partial charge in [-0.25, -0.2) is 9.98 Å².